The molecule has 8 heteroatoms. The molecule has 0 spiro atoms. The zero-order chi connectivity index (χ0) is 16.0. The lowest BCUT2D eigenvalue weighted by Crippen LogP contribution is -2.44. The fraction of sp³-hybridized carbons (Fsp3) is 0.385. The molecule has 0 aliphatic carbocycles. The van der Waals surface area contributed by atoms with Crippen LogP contribution in [0.25, 0.3) is 0 Å². The standard InChI is InChI=1S/C13H16BrNO6/c1-19-9-4-7(5-10(20-2)11(9)14)12(17)15-8(6-16)13(18)21-3/h4-5,8,16H,6H2,1-3H3,(H,15,17). The van der Waals surface area contributed by atoms with Crippen LogP contribution in [0.4, 0.5) is 0 Å². The van der Waals surface area contributed by atoms with Crippen LogP contribution in [-0.4, -0.2) is 51.0 Å². The lowest BCUT2D eigenvalue weighted by molar-refractivity contribution is -0.143. The number of methoxy groups -OCH3 is 3. The van der Waals surface area contributed by atoms with Gasteiger partial charge in [0.15, 0.2) is 6.04 Å². The van der Waals surface area contributed by atoms with E-state index in [4.69, 9.17) is 14.6 Å². The molecule has 2 N–H and O–H groups in total. The first-order chi connectivity index (χ1) is 9.98. The second-order valence-corrected chi connectivity index (χ2v) is 4.72. The SMILES string of the molecule is COC(=O)C(CO)NC(=O)c1cc(OC)c(Br)c(OC)c1. The highest BCUT2D eigenvalue weighted by molar-refractivity contribution is 9.10. The molecule has 1 amide bonds. The normalized spacial score (nSPS) is 11.5. The monoisotopic (exact) mass is 361 g/mol. The molecule has 1 aromatic carbocycles. The van der Waals surface area contributed by atoms with E-state index in [0.717, 1.165) is 0 Å². The van der Waals surface area contributed by atoms with Crippen LogP contribution in [0.2, 0.25) is 0 Å². The smallest absolute Gasteiger partial charge is 0.330 e. The third kappa shape index (κ3) is 4.08. The van der Waals surface area contributed by atoms with Crippen molar-refractivity contribution >= 4 is 27.8 Å². The Labute approximate surface area is 130 Å². The van der Waals surface area contributed by atoms with Crippen LogP contribution in [0.1, 0.15) is 10.4 Å². The molecule has 1 aromatic rings. The number of carbonyl (C=O) groups is 2. The number of ether oxygens (including phenoxy) is 3. The van der Waals surface area contributed by atoms with Crippen molar-refractivity contribution < 1.29 is 28.9 Å². The summed E-state index contributed by atoms with van der Waals surface area (Å²) in [5.74, 6) is -0.498. The van der Waals surface area contributed by atoms with Gasteiger partial charge in [-0.1, -0.05) is 0 Å². The number of aliphatic hydroxyl groups is 1. The average Bonchev–Trinajstić information content (AvgIpc) is 2.51. The molecule has 0 aromatic heterocycles. The molecule has 21 heavy (non-hydrogen) atoms. The van der Waals surface area contributed by atoms with Crippen LogP contribution in [0.15, 0.2) is 16.6 Å². The largest absolute Gasteiger partial charge is 0.495 e. The summed E-state index contributed by atoms with van der Waals surface area (Å²) in [6, 6.07) is 1.82. The van der Waals surface area contributed by atoms with Gasteiger partial charge in [-0.2, -0.15) is 0 Å². The molecule has 0 aliphatic heterocycles. The second kappa shape index (κ2) is 7.84. The predicted octanol–water partition coefficient (Wildman–Crippen LogP) is 0.730. The minimum atomic E-state index is -1.14. The number of esters is 1. The van der Waals surface area contributed by atoms with Gasteiger partial charge in [-0.15, -0.1) is 0 Å². The highest BCUT2D eigenvalue weighted by Crippen LogP contribution is 2.35. The predicted molar refractivity (Wildman–Crippen MR) is 77.6 cm³/mol. The number of hydrogen-bond acceptors (Lipinski definition) is 6. The Kier molecular flexibility index (Phi) is 6.44. The third-order valence-electron chi connectivity index (χ3n) is 2.68. The van der Waals surface area contributed by atoms with E-state index >= 15 is 0 Å². The van der Waals surface area contributed by atoms with Gasteiger partial charge in [0.25, 0.3) is 5.91 Å². The summed E-state index contributed by atoms with van der Waals surface area (Å²) in [6.45, 7) is -0.566. The zero-order valence-electron chi connectivity index (χ0n) is 11.8. The number of benzene rings is 1. The van der Waals surface area contributed by atoms with Crippen molar-refractivity contribution in [1.82, 2.24) is 5.32 Å². The van der Waals surface area contributed by atoms with E-state index in [1.807, 2.05) is 0 Å². The van der Waals surface area contributed by atoms with Crippen molar-refractivity contribution in [3.05, 3.63) is 22.2 Å². The minimum absolute atomic E-state index is 0.217. The maximum absolute atomic E-state index is 12.1. The topological polar surface area (TPSA) is 94.1 Å². The number of carbonyl (C=O) groups excluding carboxylic acids is 2. The van der Waals surface area contributed by atoms with Crippen LogP contribution >= 0.6 is 15.9 Å². The molecule has 0 aliphatic rings. The lowest BCUT2D eigenvalue weighted by atomic mass is 10.1. The van der Waals surface area contributed by atoms with Gasteiger partial charge in [0.1, 0.15) is 16.0 Å². The molecule has 0 bridgehead atoms. The third-order valence-corrected chi connectivity index (χ3v) is 3.46. The molecule has 1 atom stereocenters. The maximum Gasteiger partial charge on any atom is 0.330 e. The molecule has 1 rings (SSSR count). The molecule has 116 valence electrons. The van der Waals surface area contributed by atoms with Crippen molar-refractivity contribution in [3.8, 4) is 11.5 Å². The Morgan fingerprint density at radius 2 is 1.76 bits per heavy atom. The first-order valence-corrected chi connectivity index (χ1v) is 6.68. The Bertz CT molecular complexity index is 508. The van der Waals surface area contributed by atoms with Crippen LogP contribution in [0.5, 0.6) is 11.5 Å². The van der Waals surface area contributed by atoms with E-state index in [0.29, 0.717) is 16.0 Å². The number of nitrogens with one attached hydrogen (secondary N) is 1. The van der Waals surface area contributed by atoms with Gasteiger partial charge >= 0.3 is 5.97 Å². The van der Waals surface area contributed by atoms with Crippen LogP contribution in [-0.2, 0) is 9.53 Å². The first kappa shape index (κ1) is 17.3. The molecule has 0 saturated heterocycles. The van der Waals surface area contributed by atoms with Crippen molar-refractivity contribution in [2.45, 2.75) is 6.04 Å². The van der Waals surface area contributed by atoms with Crippen molar-refractivity contribution in [3.63, 3.8) is 0 Å². The van der Waals surface area contributed by atoms with E-state index in [1.54, 1.807) is 0 Å². The number of rotatable bonds is 6. The van der Waals surface area contributed by atoms with E-state index in [2.05, 4.69) is 26.0 Å². The Morgan fingerprint density at radius 1 is 1.24 bits per heavy atom. The summed E-state index contributed by atoms with van der Waals surface area (Å²) in [5.41, 5.74) is 0.217. The van der Waals surface area contributed by atoms with E-state index < -0.39 is 24.5 Å². The molecule has 7 nitrogen and oxygen atoms in total. The molecule has 0 heterocycles. The highest BCUT2D eigenvalue weighted by Gasteiger charge is 2.22. The van der Waals surface area contributed by atoms with Crippen LogP contribution in [0.3, 0.4) is 0 Å². The maximum atomic E-state index is 12.1. The fourth-order valence-corrected chi connectivity index (χ4v) is 2.12. The van der Waals surface area contributed by atoms with Gasteiger partial charge in [0.2, 0.25) is 0 Å². The van der Waals surface area contributed by atoms with Gasteiger partial charge in [-0.05, 0) is 28.1 Å². The average molecular weight is 362 g/mol. The molecule has 0 radical (unpaired) electrons. The van der Waals surface area contributed by atoms with Crippen molar-refractivity contribution in [1.29, 1.82) is 0 Å². The van der Waals surface area contributed by atoms with Gasteiger partial charge in [-0.25, -0.2) is 4.79 Å². The fourth-order valence-electron chi connectivity index (χ4n) is 1.56. The first-order valence-electron chi connectivity index (χ1n) is 5.89. The second-order valence-electron chi connectivity index (χ2n) is 3.93. The van der Waals surface area contributed by atoms with E-state index in [-0.39, 0.29) is 5.56 Å². The minimum Gasteiger partial charge on any atom is -0.495 e. The summed E-state index contributed by atoms with van der Waals surface area (Å²) in [5, 5.41) is 11.5. The Morgan fingerprint density at radius 3 is 2.14 bits per heavy atom. The molecule has 0 fully saturated rings. The summed E-state index contributed by atoms with van der Waals surface area (Å²) in [7, 11) is 4.07. The Balaban J connectivity index is 3.04. The van der Waals surface area contributed by atoms with Gasteiger partial charge in [0.05, 0.1) is 27.9 Å². The molecular weight excluding hydrogens is 346 g/mol. The summed E-state index contributed by atoms with van der Waals surface area (Å²) >= 11 is 3.29. The van der Waals surface area contributed by atoms with E-state index in [1.165, 1.54) is 33.5 Å². The Hall–Kier alpha value is -1.80. The number of aliphatic hydroxyl groups excluding tert-OH is 1. The lowest BCUT2D eigenvalue weighted by Gasteiger charge is -2.15. The summed E-state index contributed by atoms with van der Waals surface area (Å²) in [4.78, 5) is 23.5. The summed E-state index contributed by atoms with van der Waals surface area (Å²) in [6.07, 6.45) is 0. The van der Waals surface area contributed by atoms with Crippen molar-refractivity contribution in [2.24, 2.45) is 0 Å². The highest BCUT2D eigenvalue weighted by atomic mass is 79.9. The molecular formula is C13H16BrNO6. The molecule has 0 saturated carbocycles. The van der Waals surface area contributed by atoms with E-state index in [9.17, 15) is 9.59 Å². The van der Waals surface area contributed by atoms with Gasteiger partial charge in [0, 0.05) is 5.56 Å². The van der Waals surface area contributed by atoms with Gasteiger partial charge in [-0.3, -0.25) is 4.79 Å². The number of amides is 1. The molecule has 1 unspecified atom stereocenters. The number of halogens is 1. The van der Waals surface area contributed by atoms with Crippen molar-refractivity contribution in [2.75, 3.05) is 27.9 Å². The summed E-state index contributed by atoms with van der Waals surface area (Å²) < 4.78 is 15.3. The van der Waals surface area contributed by atoms with Gasteiger partial charge < -0.3 is 24.6 Å². The zero-order valence-corrected chi connectivity index (χ0v) is 13.4. The van der Waals surface area contributed by atoms with Crippen LogP contribution in [0, 0.1) is 0 Å². The number of hydrogen-bond donors (Lipinski definition) is 2. The quantitative estimate of drug-likeness (QED) is 0.725. The van der Waals surface area contributed by atoms with Crippen LogP contribution < -0.4 is 14.8 Å².